The third-order valence-corrected chi connectivity index (χ3v) is 3.95. The van der Waals surface area contributed by atoms with Crippen molar-refractivity contribution in [3.05, 3.63) is 29.2 Å². The van der Waals surface area contributed by atoms with Crippen molar-refractivity contribution in [3.8, 4) is 5.88 Å². The molecule has 0 spiro atoms. The van der Waals surface area contributed by atoms with Gasteiger partial charge >= 0.3 is 0 Å². The van der Waals surface area contributed by atoms with Gasteiger partial charge in [0.25, 0.3) is 5.88 Å². The molecule has 0 saturated carbocycles. The van der Waals surface area contributed by atoms with Crippen LogP contribution in [-0.4, -0.2) is 36.6 Å². The van der Waals surface area contributed by atoms with Crippen molar-refractivity contribution >= 4 is 34.3 Å². The minimum atomic E-state index is -0.274. The minimum Gasteiger partial charge on any atom is -0.491 e. The Bertz CT molecular complexity index is 898. The molecule has 0 aliphatic rings. The number of hydrogen-bond donors (Lipinski definition) is 2. The number of fused-ring (bicyclic) bond motifs is 1. The van der Waals surface area contributed by atoms with Crippen molar-refractivity contribution in [3.63, 3.8) is 0 Å². The maximum absolute atomic E-state index is 10.1. The Balaban J connectivity index is 2.04. The van der Waals surface area contributed by atoms with E-state index in [-0.39, 0.29) is 16.7 Å². The van der Waals surface area contributed by atoms with Crippen LogP contribution in [0.2, 0.25) is 5.28 Å². The molecule has 0 radical (unpaired) electrons. The lowest BCUT2D eigenvalue weighted by Crippen LogP contribution is -2.19. The minimum absolute atomic E-state index is 0.0144. The molecule has 8 nitrogen and oxygen atoms in total. The molecular formula is C16H19ClN6O2. The summed E-state index contributed by atoms with van der Waals surface area (Å²) in [5, 5.41) is 17.1. The number of aromatic hydroxyl groups is 1. The summed E-state index contributed by atoms with van der Waals surface area (Å²) < 4.78 is 0. The fraction of sp³-hybridized carbons (Fsp3) is 0.375. The molecule has 0 aromatic carbocycles. The van der Waals surface area contributed by atoms with Crippen molar-refractivity contribution in [1.29, 1.82) is 0 Å². The summed E-state index contributed by atoms with van der Waals surface area (Å²) in [6.45, 7) is 6.54. The van der Waals surface area contributed by atoms with Gasteiger partial charge in [-0.1, -0.05) is 30.2 Å². The number of anilines is 2. The van der Waals surface area contributed by atoms with Gasteiger partial charge < -0.3 is 15.3 Å². The number of nitrogens with one attached hydrogen (secondary N) is 1. The molecule has 1 unspecified atom stereocenters. The number of nitrogens with zero attached hydrogens (tertiary/aromatic N) is 5. The molecule has 0 fully saturated rings. The van der Waals surface area contributed by atoms with Crippen molar-refractivity contribution in [2.75, 3.05) is 11.9 Å². The zero-order valence-corrected chi connectivity index (χ0v) is 14.9. The largest absolute Gasteiger partial charge is 0.491 e. The predicted octanol–water partition coefficient (Wildman–Crippen LogP) is 3.11. The molecule has 0 aliphatic carbocycles. The van der Waals surface area contributed by atoms with E-state index in [0.29, 0.717) is 29.7 Å². The van der Waals surface area contributed by atoms with E-state index in [2.05, 4.69) is 39.2 Å². The van der Waals surface area contributed by atoms with E-state index < -0.39 is 0 Å². The quantitative estimate of drug-likeness (QED) is 0.650. The van der Waals surface area contributed by atoms with Crippen LogP contribution in [0.25, 0.3) is 11.0 Å². The second-order valence-corrected chi connectivity index (χ2v) is 6.23. The van der Waals surface area contributed by atoms with Crippen LogP contribution in [0.1, 0.15) is 25.8 Å². The Morgan fingerprint density at radius 1 is 1.40 bits per heavy atom. The number of aromatic nitrogens is 5. The number of pyridine rings is 1. The zero-order valence-electron chi connectivity index (χ0n) is 14.2. The van der Waals surface area contributed by atoms with Crippen LogP contribution < -0.4 is 10.2 Å². The molecular weight excluding hydrogens is 344 g/mol. The van der Waals surface area contributed by atoms with Crippen molar-refractivity contribution in [2.24, 2.45) is 5.92 Å². The Kier molecular flexibility index (Phi) is 4.89. The van der Waals surface area contributed by atoms with Crippen molar-refractivity contribution in [2.45, 2.75) is 27.2 Å². The zero-order chi connectivity index (χ0) is 18.0. The number of halogens is 1. The predicted molar refractivity (Wildman–Crippen MR) is 95.2 cm³/mol. The van der Waals surface area contributed by atoms with Gasteiger partial charge in [0.1, 0.15) is 12.4 Å². The van der Waals surface area contributed by atoms with E-state index >= 15 is 0 Å². The first-order valence-electron chi connectivity index (χ1n) is 7.96. The first-order valence-corrected chi connectivity index (χ1v) is 8.34. The van der Waals surface area contributed by atoms with Gasteiger partial charge in [0, 0.05) is 6.20 Å². The topological polar surface area (TPSA) is 98.0 Å². The lowest BCUT2D eigenvalue weighted by molar-refractivity contribution is 0.0655. The Labute approximate surface area is 149 Å². The third kappa shape index (κ3) is 3.74. The van der Waals surface area contributed by atoms with Gasteiger partial charge in [0.15, 0.2) is 16.9 Å². The fourth-order valence-electron chi connectivity index (χ4n) is 2.17. The number of rotatable bonds is 6. The second-order valence-electron chi connectivity index (χ2n) is 5.89. The number of aryl methyl sites for hydroxylation is 1. The van der Waals surface area contributed by atoms with Gasteiger partial charge in [-0.2, -0.15) is 4.98 Å². The van der Waals surface area contributed by atoms with Gasteiger partial charge in [0.2, 0.25) is 5.28 Å². The van der Waals surface area contributed by atoms with Gasteiger partial charge in [-0.05, 0) is 42.1 Å². The molecule has 0 aliphatic heterocycles. The molecule has 0 saturated heterocycles. The van der Waals surface area contributed by atoms with Crippen LogP contribution in [0.15, 0.2) is 18.3 Å². The van der Waals surface area contributed by atoms with E-state index in [1.54, 1.807) is 6.20 Å². The summed E-state index contributed by atoms with van der Waals surface area (Å²) >= 11 is 5.98. The maximum atomic E-state index is 10.1. The molecule has 0 amide bonds. The van der Waals surface area contributed by atoms with E-state index in [9.17, 15) is 5.11 Å². The summed E-state index contributed by atoms with van der Waals surface area (Å²) in [5.41, 5.74) is 1.64. The Morgan fingerprint density at radius 3 is 2.92 bits per heavy atom. The summed E-state index contributed by atoms with van der Waals surface area (Å²) in [4.78, 5) is 19.4. The van der Waals surface area contributed by atoms with Crippen LogP contribution in [0.3, 0.4) is 0 Å². The Morgan fingerprint density at radius 2 is 2.20 bits per heavy atom. The van der Waals surface area contributed by atoms with Crippen LogP contribution >= 0.6 is 11.6 Å². The highest BCUT2D eigenvalue weighted by atomic mass is 35.5. The van der Waals surface area contributed by atoms with E-state index in [4.69, 9.17) is 16.4 Å². The smallest absolute Gasteiger partial charge is 0.261 e. The SMILES string of the molecule is CCC(C)COn1nc(O)c2nc(Cl)nc(Nc3cc(C)ccn3)c21. The highest BCUT2D eigenvalue weighted by Crippen LogP contribution is 2.29. The molecule has 9 heteroatoms. The standard InChI is InChI=1S/C16H19ClN6O2/c1-4-9(2)8-25-23-13-12(15(24)22-23)20-16(17)21-14(13)19-11-7-10(3)5-6-18-11/h5-7,9H,4,8H2,1-3H3,(H,22,24)(H,18,19,20,21). The number of hydrogen-bond acceptors (Lipinski definition) is 7. The molecule has 25 heavy (non-hydrogen) atoms. The molecule has 2 N–H and O–H groups in total. The maximum Gasteiger partial charge on any atom is 0.261 e. The molecule has 1 atom stereocenters. The first-order chi connectivity index (χ1) is 12.0. The second kappa shape index (κ2) is 7.10. The highest BCUT2D eigenvalue weighted by Gasteiger charge is 2.20. The molecule has 3 aromatic rings. The first kappa shape index (κ1) is 17.2. The monoisotopic (exact) mass is 362 g/mol. The average molecular weight is 363 g/mol. The normalized spacial score (nSPS) is 12.3. The highest BCUT2D eigenvalue weighted by molar-refractivity contribution is 6.28. The molecule has 3 rings (SSSR count). The summed E-state index contributed by atoms with van der Waals surface area (Å²) in [6, 6.07) is 3.75. The third-order valence-electron chi connectivity index (χ3n) is 3.79. The van der Waals surface area contributed by atoms with Crippen molar-refractivity contribution in [1.82, 2.24) is 24.9 Å². The molecule has 0 bridgehead atoms. The van der Waals surface area contributed by atoms with Crippen LogP contribution in [-0.2, 0) is 0 Å². The molecule has 3 aromatic heterocycles. The molecule has 132 valence electrons. The van der Waals surface area contributed by atoms with Gasteiger partial charge in [-0.3, -0.25) is 0 Å². The van der Waals surface area contributed by atoms with E-state index in [0.717, 1.165) is 12.0 Å². The average Bonchev–Trinajstić information content (AvgIpc) is 2.89. The lowest BCUT2D eigenvalue weighted by Gasteiger charge is -2.12. The van der Waals surface area contributed by atoms with E-state index in [1.807, 2.05) is 19.1 Å². The van der Waals surface area contributed by atoms with Crippen LogP contribution in [0.4, 0.5) is 11.6 Å². The van der Waals surface area contributed by atoms with E-state index in [1.165, 1.54) is 4.85 Å². The summed E-state index contributed by atoms with van der Waals surface area (Å²) in [7, 11) is 0. The van der Waals surface area contributed by atoms with Crippen LogP contribution in [0, 0.1) is 12.8 Å². The molecule has 3 heterocycles. The van der Waals surface area contributed by atoms with Crippen molar-refractivity contribution < 1.29 is 9.94 Å². The van der Waals surface area contributed by atoms with Gasteiger partial charge in [0.05, 0.1) is 0 Å². The lowest BCUT2D eigenvalue weighted by atomic mass is 10.1. The fourth-order valence-corrected chi connectivity index (χ4v) is 2.34. The van der Waals surface area contributed by atoms with Crippen LogP contribution in [0.5, 0.6) is 5.88 Å². The summed E-state index contributed by atoms with van der Waals surface area (Å²) in [5.74, 6) is 1.00. The summed E-state index contributed by atoms with van der Waals surface area (Å²) in [6.07, 6.45) is 2.65. The van der Waals surface area contributed by atoms with Gasteiger partial charge in [-0.25, -0.2) is 9.97 Å². The Hall–Kier alpha value is -2.61. The van der Waals surface area contributed by atoms with Gasteiger partial charge in [-0.15, -0.1) is 0 Å².